The Morgan fingerprint density at radius 3 is 1.96 bits per heavy atom. The summed E-state index contributed by atoms with van der Waals surface area (Å²) in [4.78, 5) is 43.2. The van der Waals surface area contributed by atoms with E-state index in [1.165, 1.54) is 0 Å². The van der Waals surface area contributed by atoms with Crippen LogP contribution in [0.1, 0.15) is 25.7 Å². The topological polar surface area (TPSA) is 73.0 Å². The molecule has 3 aliphatic rings. The van der Waals surface area contributed by atoms with Crippen molar-refractivity contribution in [2.75, 3.05) is 44.6 Å². The van der Waals surface area contributed by atoms with Crippen molar-refractivity contribution >= 4 is 23.5 Å². The van der Waals surface area contributed by atoms with Gasteiger partial charge in [-0.15, -0.1) is 0 Å². The Balaban J connectivity index is 1.28. The largest absolute Gasteiger partial charge is 0.339 e. The second-order valence-electron chi connectivity index (χ2n) is 8.01. The summed E-state index contributed by atoms with van der Waals surface area (Å²) in [6, 6.07) is 9.23. The Morgan fingerprint density at radius 1 is 0.750 bits per heavy atom. The number of carbonyl (C=O) groups excluding carboxylic acids is 3. The first-order valence-corrected chi connectivity index (χ1v) is 10.3. The third kappa shape index (κ3) is 4.29. The number of likely N-dealkylation sites (tertiary alicyclic amines) is 1. The van der Waals surface area contributed by atoms with Crippen LogP contribution in [-0.4, -0.2) is 71.8 Å². The normalized spacial score (nSPS) is 22.7. The van der Waals surface area contributed by atoms with Crippen LogP contribution in [-0.2, 0) is 9.59 Å². The number of piperidine rings is 1. The van der Waals surface area contributed by atoms with Gasteiger partial charge in [0.15, 0.2) is 0 Å². The average Bonchev–Trinajstić information content (AvgIpc) is 3.59. The summed E-state index contributed by atoms with van der Waals surface area (Å²) in [7, 11) is 0. The zero-order valence-corrected chi connectivity index (χ0v) is 16.2. The number of carbonyl (C=O) groups is 3. The van der Waals surface area contributed by atoms with Crippen molar-refractivity contribution in [3.63, 3.8) is 0 Å². The first-order valence-electron chi connectivity index (χ1n) is 10.3. The fourth-order valence-corrected chi connectivity index (χ4v) is 4.08. The quantitative estimate of drug-likeness (QED) is 0.866. The maximum atomic E-state index is 13.0. The summed E-state index contributed by atoms with van der Waals surface area (Å²) >= 11 is 0. The van der Waals surface area contributed by atoms with Gasteiger partial charge < -0.3 is 20.0 Å². The molecule has 1 aliphatic carbocycles. The second-order valence-corrected chi connectivity index (χ2v) is 8.01. The van der Waals surface area contributed by atoms with Crippen LogP contribution >= 0.6 is 0 Å². The average molecular weight is 384 g/mol. The minimum absolute atomic E-state index is 0.121. The van der Waals surface area contributed by atoms with Crippen molar-refractivity contribution in [1.82, 2.24) is 14.7 Å². The molecule has 2 heterocycles. The Bertz CT molecular complexity index is 726. The lowest BCUT2D eigenvalue weighted by Crippen LogP contribution is -2.54. The molecule has 1 aromatic rings. The minimum atomic E-state index is -0.152. The zero-order valence-electron chi connectivity index (χ0n) is 16.2. The van der Waals surface area contributed by atoms with Crippen molar-refractivity contribution in [2.24, 2.45) is 11.8 Å². The van der Waals surface area contributed by atoms with Crippen molar-refractivity contribution in [3.8, 4) is 0 Å². The van der Waals surface area contributed by atoms with E-state index in [9.17, 15) is 14.4 Å². The number of hydrogen-bond donors (Lipinski definition) is 1. The predicted octanol–water partition coefficient (Wildman–Crippen LogP) is 2.01. The lowest BCUT2D eigenvalue weighted by molar-refractivity contribution is -0.143. The molecule has 4 rings (SSSR count). The lowest BCUT2D eigenvalue weighted by atomic mass is 9.96. The molecule has 0 bridgehead atoms. The lowest BCUT2D eigenvalue weighted by Gasteiger charge is -2.39. The number of rotatable bonds is 3. The molecule has 0 radical (unpaired) electrons. The van der Waals surface area contributed by atoms with Crippen LogP contribution in [0, 0.1) is 11.8 Å². The minimum Gasteiger partial charge on any atom is -0.339 e. The highest BCUT2D eigenvalue weighted by Gasteiger charge is 2.37. The number of para-hydroxylation sites is 1. The van der Waals surface area contributed by atoms with E-state index in [1.807, 2.05) is 40.1 Å². The van der Waals surface area contributed by atoms with Crippen molar-refractivity contribution < 1.29 is 14.4 Å². The smallest absolute Gasteiger partial charge is 0.321 e. The van der Waals surface area contributed by atoms with Gasteiger partial charge in [0.25, 0.3) is 0 Å². The fraction of sp³-hybridized carbons (Fsp3) is 0.571. The van der Waals surface area contributed by atoms with Crippen LogP contribution in [0.2, 0.25) is 0 Å². The van der Waals surface area contributed by atoms with Gasteiger partial charge in [-0.1, -0.05) is 18.2 Å². The van der Waals surface area contributed by atoms with Gasteiger partial charge in [-0.05, 0) is 37.8 Å². The Morgan fingerprint density at radius 2 is 1.36 bits per heavy atom. The van der Waals surface area contributed by atoms with Crippen LogP contribution in [0.4, 0.5) is 10.5 Å². The van der Waals surface area contributed by atoms with E-state index in [0.29, 0.717) is 39.3 Å². The van der Waals surface area contributed by atoms with Crippen molar-refractivity contribution in [3.05, 3.63) is 30.3 Å². The number of benzene rings is 1. The molecule has 2 aliphatic heterocycles. The second kappa shape index (κ2) is 8.20. The van der Waals surface area contributed by atoms with Crippen LogP contribution < -0.4 is 5.32 Å². The summed E-state index contributed by atoms with van der Waals surface area (Å²) in [6.45, 7) is 3.59. The molecule has 7 heteroatoms. The molecular weight excluding hydrogens is 356 g/mol. The molecule has 1 N–H and O–H groups in total. The summed E-state index contributed by atoms with van der Waals surface area (Å²) in [5.41, 5.74) is 0.761. The van der Waals surface area contributed by atoms with Gasteiger partial charge >= 0.3 is 6.03 Å². The van der Waals surface area contributed by atoms with E-state index in [1.54, 1.807) is 4.90 Å². The van der Waals surface area contributed by atoms with Crippen LogP contribution in [0.25, 0.3) is 0 Å². The molecule has 150 valence electrons. The summed E-state index contributed by atoms with van der Waals surface area (Å²) in [5.74, 6) is 0.461. The van der Waals surface area contributed by atoms with Gasteiger partial charge in [0.05, 0.1) is 5.92 Å². The van der Waals surface area contributed by atoms with E-state index in [-0.39, 0.29) is 29.7 Å². The summed E-state index contributed by atoms with van der Waals surface area (Å²) in [5, 5.41) is 2.90. The first kappa shape index (κ1) is 18.8. The number of nitrogens with one attached hydrogen (secondary N) is 1. The summed E-state index contributed by atoms with van der Waals surface area (Å²) in [6.07, 6.45) is 3.68. The van der Waals surface area contributed by atoms with Gasteiger partial charge in [0.1, 0.15) is 0 Å². The Hall–Kier alpha value is -2.57. The molecule has 4 amide bonds. The molecule has 1 atom stereocenters. The van der Waals surface area contributed by atoms with Gasteiger partial charge in [-0.3, -0.25) is 9.59 Å². The van der Waals surface area contributed by atoms with Crippen LogP contribution in [0.5, 0.6) is 0 Å². The number of urea groups is 1. The third-order valence-electron chi connectivity index (χ3n) is 5.91. The molecule has 1 saturated carbocycles. The zero-order chi connectivity index (χ0) is 19.5. The molecule has 1 aromatic carbocycles. The standard InChI is InChI=1S/C21H28N4O3/c26-19(16-8-9-16)23-11-13-24(14-12-23)20(27)17-5-4-10-25(15-17)21(28)22-18-6-2-1-3-7-18/h1-3,6-7,16-17H,4-5,8-15H2,(H,22,28). The summed E-state index contributed by atoms with van der Waals surface area (Å²) < 4.78 is 0. The fourth-order valence-electron chi connectivity index (χ4n) is 4.08. The van der Waals surface area contributed by atoms with Gasteiger partial charge in [-0.2, -0.15) is 0 Å². The van der Waals surface area contributed by atoms with Crippen molar-refractivity contribution in [2.45, 2.75) is 25.7 Å². The highest BCUT2D eigenvalue weighted by Crippen LogP contribution is 2.31. The number of nitrogens with zero attached hydrogens (tertiary/aromatic N) is 3. The van der Waals surface area contributed by atoms with E-state index in [0.717, 1.165) is 31.4 Å². The van der Waals surface area contributed by atoms with E-state index in [4.69, 9.17) is 0 Å². The highest BCUT2D eigenvalue weighted by molar-refractivity contribution is 5.90. The SMILES string of the molecule is O=C(Nc1ccccc1)N1CCCC(C(=O)N2CCN(C(=O)C3CC3)CC2)C1. The van der Waals surface area contributed by atoms with Crippen LogP contribution in [0.15, 0.2) is 30.3 Å². The monoisotopic (exact) mass is 384 g/mol. The molecule has 3 fully saturated rings. The molecule has 0 spiro atoms. The third-order valence-corrected chi connectivity index (χ3v) is 5.91. The molecule has 1 unspecified atom stereocenters. The Labute approximate surface area is 165 Å². The highest BCUT2D eigenvalue weighted by atomic mass is 16.2. The molecular formula is C21H28N4O3. The molecule has 28 heavy (non-hydrogen) atoms. The number of hydrogen-bond acceptors (Lipinski definition) is 3. The number of anilines is 1. The van der Waals surface area contributed by atoms with Crippen LogP contribution in [0.3, 0.4) is 0 Å². The number of amides is 4. The Kier molecular flexibility index (Phi) is 5.50. The first-order chi connectivity index (χ1) is 13.6. The molecule has 2 saturated heterocycles. The molecule has 7 nitrogen and oxygen atoms in total. The van der Waals surface area contributed by atoms with Gasteiger partial charge in [0.2, 0.25) is 11.8 Å². The van der Waals surface area contributed by atoms with E-state index >= 15 is 0 Å². The number of piperazine rings is 1. The maximum Gasteiger partial charge on any atom is 0.321 e. The molecule has 0 aromatic heterocycles. The van der Waals surface area contributed by atoms with Gasteiger partial charge in [-0.25, -0.2) is 4.79 Å². The van der Waals surface area contributed by atoms with E-state index < -0.39 is 0 Å². The van der Waals surface area contributed by atoms with Crippen molar-refractivity contribution in [1.29, 1.82) is 0 Å². The predicted molar refractivity (Wildman–Crippen MR) is 106 cm³/mol. The van der Waals surface area contributed by atoms with E-state index in [2.05, 4.69) is 5.32 Å². The maximum absolute atomic E-state index is 13.0. The van der Waals surface area contributed by atoms with Gasteiger partial charge in [0, 0.05) is 50.9 Å².